The molecule has 0 aromatic heterocycles. The molecular weight excluding hydrogens is 470 g/mol. The lowest BCUT2D eigenvalue weighted by Gasteiger charge is -2.28. The molecule has 1 atom stereocenters. The van der Waals surface area contributed by atoms with Crippen LogP contribution in [0.25, 0.3) is 0 Å². The van der Waals surface area contributed by atoms with E-state index in [0.29, 0.717) is 36.0 Å². The maximum absolute atomic E-state index is 13.5. The molecule has 0 N–H and O–H groups in total. The van der Waals surface area contributed by atoms with Crippen molar-refractivity contribution in [1.29, 1.82) is 0 Å². The summed E-state index contributed by atoms with van der Waals surface area (Å²) in [5.41, 5.74) is 4.26. The van der Waals surface area contributed by atoms with Crippen LogP contribution in [0.2, 0.25) is 19.1 Å². The van der Waals surface area contributed by atoms with Gasteiger partial charge in [0.1, 0.15) is 0 Å². The molecule has 0 radical (unpaired) electrons. The van der Waals surface area contributed by atoms with Gasteiger partial charge in [0.05, 0.1) is 21.3 Å². The van der Waals surface area contributed by atoms with Gasteiger partial charge < -0.3 is 23.5 Å². The SMILES string of the molecule is CCCC[Si](C)(C)OCCC(CN(C)C(=O)c1cc(OC)c(OC)c(OC)c1)c1ccc(C)c(C)c1. The van der Waals surface area contributed by atoms with E-state index in [1.54, 1.807) is 38.4 Å². The number of rotatable bonds is 14. The van der Waals surface area contributed by atoms with Gasteiger partial charge in [-0.05, 0) is 68.2 Å². The van der Waals surface area contributed by atoms with Crippen LogP contribution >= 0.6 is 0 Å². The zero-order valence-corrected chi connectivity index (χ0v) is 24.7. The smallest absolute Gasteiger partial charge is 0.253 e. The van der Waals surface area contributed by atoms with Crippen molar-refractivity contribution in [3.63, 3.8) is 0 Å². The van der Waals surface area contributed by atoms with Crippen molar-refractivity contribution < 1.29 is 23.4 Å². The van der Waals surface area contributed by atoms with Gasteiger partial charge in [0.15, 0.2) is 19.8 Å². The third-order valence-electron chi connectivity index (χ3n) is 6.85. The summed E-state index contributed by atoms with van der Waals surface area (Å²) in [5.74, 6) is 1.47. The first-order chi connectivity index (χ1) is 17.1. The molecule has 0 bridgehead atoms. The molecule has 0 spiro atoms. The van der Waals surface area contributed by atoms with Crippen LogP contribution in [0.4, 0.5) is 0 Å². The molecule has 7 heteroatoms. The first-order valence-electron chi connectivity index (χ1n) is 12.8. The first kappa shape index (κ1) is 29.7. The molecule has 200 valence electrons. The number of amides is 1. The van der Waals surface area contributed by atoms with Gasteiger partial charge >= 0.3 is 0 Å². The second-order valence-electron chi connectivity index (χ2n) is 10.1. The third kappa shape index (κ3) is 8.00. The van der Waals surface area contributed by atoms with Crippen LogP contribution in [-0.4, -0.2) is 60.7 Å². The molecule has 1 unspecified atom stereocenters. The van der Waals surface area contributed by atoms with Crippen molar-refractivity contribution >= 4 is 14.2 Å². The van der Waals surface area contributed by atoms with Crippen molar-refractivity contribution in [1.82, 2.24) is 4.90 Å². The fraction of sp³-hybridized carbons (Fsp3) is 0.552. The number of benzene rings is 2. The normalized spacial score (nSPS) is 12.2. The number of likely N-dealkylation sites (N-methyl/N-ethyl adjacent to an activating group) is 1. The van der Waals surface area contributed by atoms with Crippen molar-refractivity contribution in [2.75, 3.05) is 41.5 Å². The molecule has 2 aromatic rings. The van der Waals surface area contributed by atoms with Crippen LogP contribution in [0.3, 0.4) is 0 Å². The van der Waals surface area contributed by atoms with E-state index in [9.17, 15) is 4.79 Å². The maximum atomic E-state index is 13.5. The molecule has 2 rings (SSSR count). The molecule has 0 aliphatic heterocycles. The minimum atomic E-state index is -1.68. The highest BCUT2D eigenvalue weighted by Crippen LogP contribution is 2.38. The largest absolute Gasteiger partial charge is 0.493 e. The predicted octanol–water partition coefficient (Wildman–Crippen LogP) is 6.60. The Kier molecular flexibility index (Phi) is 11.3. The van der Waals surface area contributed by atoms with Gasteiger partial charge in [0.25, 0.3) is 5.91 Å². The first-order valence-corrected chi connectivity index (χ1v) is 15.9. The second kappa shape index (κ2) is 13.7. The monoisotopic (exact) mass is 515 g/mol. The van der Waals surface area contributed by atoms with Crippen LogP contribution in [0.15, 0.2) is 30.3 Å². The number of unbranched alkanes of at least 4 members (excludes halogenated alkanes) is 1. The van der Waals surface area contributed by atoms with E-state index in [2.05, 4.69) is 52.1 Å². The van der Waals surface area contributed by atoms with E-state index >= 15 is 0 Å². The highest BCUT2D eigenvalue weighted by Gasteiger charge is 2.25. The fourth-order valence-corrected chi connectivity index (χ4v) is 6.39. The number of hydrogen-bond acceptors (Lipinski definition) is 5. The lowest BCUT2D eigenvalue weighted by atomic mass is 9.92. The number of methoxy groups -OCH3 is 3. The number of hydrogen-bond donors (Lipinski definition) is 0. The summed E-state index contributed by atoms with van der Waals surface area (Å²) in [7, 11) is 4.83. The van der Waals surface area contributed by atoms with Crippen LogP contribution in [0.1, 0.15) is 59.2 Å². The quantitative estimate of drug-likeness (QED) is 0.265. The summed E-state index contributed by atoms with van der Waals surface area (Å²) in [5, 5.41) is 0. The van der Waals surface area contributed by atoms with Gasteiger partial charge in [-0.1, -0.05) is 38.0 Å². The van der Waals surface area contributed by atoms with Gasteiger partial charge in [-0.25, -0.2) is 0 Å². The van der Waals surface area contributed by atoms with Gasteiger partial charge in [-0.15, -0.1) is 0 Å². The van der Waals surface area contributed by atoms with Crippen molar-refractivity contribution in [2.24, 2.45) is 0 Å². The Morgan fingerprint density at radius 1 is 0.972 bits per heavy atom. The molecule has 36 heavy (non-hydrogen) atoms. The van der Waals surface area contributed by atoms with E-state index in [1.807, 2.05) is 7.05 Å². The summed E-state index contributed by atoms with van der Waals surface area (Å²) >= 11 is 0. The van der Waals surface area contributed by atoms with Gasteiger partial charge in [0.2, 0.25) is 5.75 Å². The van der Waals surface area contributed by atoms with E-state index < -0.39 is 8.32 Å². The Labute approximate surface area is 219 Å². The summed E-state index contributed by atoms with van der Waals surface area (Å²) in [6.45, 7) is 12.4. The van der Waals surface area contributed by atoms with Crippen LogP contribution in [0, 0.1) is 13.8 Å². The Balaban J connectivity index is 2.25. The van der Waals surface area contributed by atoms with Gasteiger partial charge in [-0.3, -0.25) is 4.79 Å². The average Bonchev–Trinajstić information content (AvgIpc) is 2.86. The molecule has 6 nitrogen and oxygen atoms in total. The number of aryl methyl sites for hydroxylation is 2. The van der Waals surface area contributed by atoms with E-state index in [0.717, 1.165) is 6.42 Å². The number of ether oxygens (including phenoxy) is 3. The summed E-state index contributed by atoms with van der Waals surface area (Å²) in [4.78, 5) is 15.2. The highest BCUT2D eigenvalue weighted by atomic mass is 28.4. The Hall–Kier alpha value is -2.51. The minimum Gasteiger partial charge on any atom is -0.493 e. The highest BCUT2D eigenvalue weighted by molar-refractivity contribution is 6.71. The topological polar surface area (TPSA) is 57.2 Å². The lowest BCUT2D eigenvalue weighted by Crippen LogP contribution is -2.33. The van der Waals surface area contributed by atoms with Gasteiger partial charge in [-0.2, -0.15) is 0 Å². The van der Waals surface area contributed by atoms with Crippen molar-refractivity contribution in [2.45, 2.75) is 65.1 Å². The Morgan fingerprint density at radius 2 is 1.61 bits per heavy atom. The zero-order valence-electron chi connectivity index (χ0n) is 23.7. The molecule has 0 fully saturated rings. The third-order valence-corrected chi connectivity index (χ3v) is 9.39. The summed E-state index contributed by atoms with van der Waals surface area (Å²) < 4.78 is 22.7. The molecule has 1 amide bonds. The van der Waals surface area contributed by atoms with Crippen LogP contribution in [0.5, 0.6) is 17.2 Å². The number of nitrogens with zero attached hydrogens (tertiary/aromatic N) is 1. The van der Waals surface area contributed by atoms with Crippen molar-refractivity contribution in [3.05, 3.63) is 52.6 Å². The number of carbonyl (C=O) groups excluding carboxylic acids is 1. The molecule has 0 saturated heterocycles. The Morgan fingerprint density at radius 3 is 2.14 bits per heavy atom. The second-order valence-corrected chi connectivity index (χ2v) is 14.4. The lowest BCUT2D eigenvalue weighted by molar-refractivity contribution is 0.0780. The molecule has 2 aromatic carbocycles. The molecule has 0 aliphatic carbocycles. The average molecular weight is 516 g/mol. The maximum Gasteiger partial charge on any atom is 0.253 e. The number of carbonyl (C=O) groups is 1. The fourth-order valence-electron chi connectivity index (χ4n) is 4.37. The molecular formula is C29H45NO5Si. The molecule has 0 saturated carbocycles. The van der Waals surface area contributed by atoms with E-state index in [1.165, 1.54) is 35.6 Å². The standard InChI is InChI=1S/C29H45NO5Si/c1-10-11-16-36(8,9)35-15-14-24(23-13-12-21(2)22(3)17-23)20-30(4)29(31)25-18-26(32-5)28(34-7)27(19-25)33-6/h12-13,17-19,24H,10-11,14-16,20H2,1-9H3. The minimum absolute atomic E-state index is 0.0957. The van der Waals surface area contributed by atoms with Crippen LogP contribution < -0.4 is 14.2 Å². The van der Waals surface area contributed by atoms with E-state index in [-0.39, 0.29) is 11.8 Å². The molecule has 0 heterocycles. The van der Waals surface area contributed by atoms with Gasteiger partial charge in [0, 0.05) is 31.7 Å². The van der Waals surface area contributed by atoms with Crippen LogP contribution in [-0.2, 0) is 4.43 Å². The Bertz CT molecular complexity index is 982. The summed E-state index contributed by atoms with van der Waals surface area (Å²) in [6.07, 6.45) is 3.27. The predicted molar refractivity (Wildman–Crippen MR) is 149 cm³/mol. The van der Waals surface area contributed by atoms with Crippen molar-refractivity contribution in [3.8, 4) is 17.2 Å². The molecule has 0 aliphatic rings. The zero-order chi connectivity index (χ0) is 26.9. The van der Waals surface area contributed by atoms with E-state index in [4.69, 9.17) is 18.6 Å². The summed E-state index contributed by atoms with van der Waals surface area (Å²) in [6, 6.07) is 11.2.